The van der Waals surface area contributed by atoms with Crippen LogP contribution < -0.4 is 10.6 Å². The average molecular weight is 457 g/mol. The number of amides is 2. The quantitative estimate of drug-likeness (QED) is 0.562. The Balaban J connectivity index is 1.12. The maximum atomic E-state index is 13.0. The predicted molar refractivity (Wildman–Crippen MR) is 126 cm³/mol. The molecule has 8 heteroatoms. The molecule has 33 heavy (non-hydrogen) atoms. The molecule has 2 amide bonds. The summed E-state index contributed by atoms with van der Waals surface area (Å²) in [5.74, 6) is 1.00. The highest BCUT2D eigenvalue weighted by Gasteiger charge is 2.35. The van der Waals surface area contributed by atoms with Crippen LogP contribution in [0.3, 0.4) is 0 Å². The Morgan fingerprint density at radius 2 is 2.12 bits per heavy atom. The number of nitrogens with zero attached hydrogens (tertiary/aromatic N) is 2. The summed E-state index contributed by atoms with van der Waals surface area (Å²) in [5, 5.41) is 7.18. The summed E-state index contributed by atoms with van der Waals surface area (Å²) in [6, 6.07) is 3.58. The molecule has 2 unspecified atom stereocenters. The van der Waals surface area contributed by atoms with Crippen LogP contribution in [0.1, 0.15) is 62.4 Å². The van der Waals surface area contributed by atoms with Gasteiger partial charge in [0.1, 0.15) is 6.23 Å². The molecule has 2 aromatic rings. The lowest BCUT2D eigenvalue weighted by molar-refractivity contribution is -0.145. The number of pyridine rings is 1. The highest BCUT2D eigenvalue weighted by atomic mass is 16.5. The zero-order valence-electron chi connectivity index (χ0n) is 19.6. The van der Waals surface area contributed by atoms with E-state index in [0.717, 1.165) is 70.0 Å². The molecular weight excluding hydrogens is 420 g/mol. The number of piperidine rings is 2. The Morgan fingerprint density at radius 1 is 1.27 bits per heavy atom. The van der Waals surface area contributed by atoms with Gasteiger partial charge in [-0.15, -0.1) is 0 Å². The molecule has 2 saturated heterocycles. The van der Waals surface area contributed by atoms with Gasteiger partial charge >= 0.3 is 0 Å². The summed E-state index contributed by atoms with van der Waals surface area (Å²) in [7, 11) is 0. The van der Waals surface area contributed by atoms with Gasteiger partial charge in [-0.3, -0.25) is 19.9 Å². The normalized spacial score (nSPS) is 21.9. The molecule has 4 heterocycles. The Morgan fingerprint density at radius 3 is 2.91 bits per heavy atom. The number of hydrogen-bond acceptors (Lipinski definition) is 6. The third kappa shape index (κ3) is 6.12. The summed E-state index contributed by atoms with van der Waals surface area (Å²) in [6.45, 7) is 5.85. The van der Waals surface area contributed by atoms with E-state index >= 15 is 0 Å². The maximum absolute atomic E-state index is 13.0. The van der Waals surface area contributed by atoms with Crippen LogP contribution in [0.4, 0.5) is 0 Å². The highest BCUT2D eigenvalue weighted by Crippen LogP contribution is 2.26. The molecule has 2 atom stereocenters. The number of unbranched alkanes of at least 4 members (excludes halogenated alkanes) is 1. The first-order chi connectivity index (χ1) is 16.2. The van der Waals surface area contributed by atoms with Crippen molar-refractivity contribution in [1.29, 1.82) is 0 Å². The van der Waals surface area contributed by atoms with Crippen molar-refractivity contribution in [3.05, 3.63) is 30.3 Å². The standard InChI is InChI=1S/C25H36N4O4/c1-2-32-24-20(7-5-12-28-24)25(31)29-14-9-18(10-15-29)6-3-4-11-27-23(30)21-16-19-8-13-26-17-22(19)33-21/h8,13,16-18,20,24,28H,2-7,9-12,14-15H2,1H3,(H,27,30). The van der Waals surface area contributed by atoms with E-state index in [0.29, 0.717) is 30.4 Å². The Kier molecular flexibility index (Phi) is 8.34. The van der Waals surface area contributed by atoms with Crippen molar-refractivity contribution < 1.29 is 18.7 Å². The van der Waals surface area contributed by atoms with Crippen molar-refractivity contribution in [1.82, 2.24) is 20.5 Å². The number of nitrogens with one attached hydrogen (secondary N) is 2. The molecule has 8 nitrogen and oxygen atoms in total. The van der Waals surface area contributed by atoms with E-state index in [1.807, 2.05) is 17.9 Å². The van der Waals surface area contributed by atoms with Gasteiger partial charge in [0.2, 0.25) is 5.91 Å². The van der Waals surface area contributed by atoms with E-state index in [4.69, 9.17) is 9.15 Å². The molecule has 0 radical (unpaired) electrons. The molecule has 2 aromatic heterocycles. The molecule has 180 valence electrons. The van der Waals surface area contributed by atoms with E-state index in [1.165, 1.54) is 0 Å². The Hall–Kier alpha value is -2.45. The number of carbonyl (C=O) groups excluding carboxylic acids is 2. The van der Waals surface area contributed by atoms with Gasteiger partial charge in [-0.1, -0.05) is 12.8 Å². The van der Waals surface area contributed by atoms with Gasteiger partial charge in [0, 0.05) is 37.8 Å². The van der Waals surface area contributed by atoms with Crippen molar-refractivity contribution in [2.75, 3.05) is 32.8 Å². The monoisotopic (exact) mass is 456 g/mol. The van der Waals surface area contributed by atoms with Crippen molar-refractivity contribution in [2.45, 2.75) is 58.1 Å². The molecule has 4 rings (SSSR count). The third-order valence-corrected chi connectivity index (χ3v) is 6.86. The number of furan rings is 1. The first-order valence-corrected chi connectivity index (χ1v) is 12.4. The van der Waals surface area contributed by atoms with Gasteiger partial charge in [0.25, 0.3) is 5.91 Å². The summed E-state index contributed by atoms with van der Waals surface area (Å²) in [6.07, 6.45) is 10.4. The maximum Gasteiger partial charge on any atom is 0.287 e. The lowest BCUT2D eigenvalue weighted by atomic mass is 9.89. The lowest BCUT2D eigenvalue weighted by Crippen LogP contribution is -2.52. The molecular formula is C25H36N4O4. The van der Waals surface area contributed by atoms with E-state index in [-0.39, 0.29) is 24.0 Å². The van der Waals surface area contributed by atoms with Gasteiger partial charge in [0.15, 0.2) is 11.3 Å². The second-order valence-electron chi connectivity index (χ2n) is 9.12. The van der Waals surface area contributed by atoms with Gasteiger partial charge in [-0.05, 0) is 63.6 Å². The first-order valence-electron chi connectivity index (χ1n) is 12.4. The first kappa shape index (κ1) is 23.7. The second kappa shape index (κ2) is 11.6. The number of ether oxygens (including phenoxy) is 1. The average Bonchev–Trinajstić information content (AvgIpc) is 3.29. The number of aromatic nitrogens is 1. The predicted octanol–water partition coefficient (Wildman–Crippen LogP) is 3.33. The van der Waals surface area contributed by atoms with Crippen LogP contribution in [0, 0.1) is 11.8 Å². The topological polar surface area (TPSA) is 96.7 Å². The van der Waals surface area contributed by atoms with Gasteiger partial charge in [0.05, 0.1) is 12.1 Å². The van der Waals surface area contributed by atoms with Crippen LogP contribution in [0.25, 0.3) is 11.0 Å². The molecule has 0 aromatic carbocycles. The van der Waals surface area contributed by atoms with Crippen molar-refractivity contribution in [3.63, 3.8) is 0 Å². The van der Waals surface area contributed by atoms with Crippen LogP contribution in [0.5, 0.6) is 0 Å². The van der Waals surface area contributed by atoms with E-state index < -0.39 is 0 Å². The molecule has 2 aliphatic heterocycles. The number of likely N-dealkylation sites (tertiary alicyclic amines) is 1. The Labute approximate surface area is 195 Å². The van der Waals surface area contributed by atoms with E-state index in [9.17, 15) is 9.59 Å². The van der Waals surface area contributed by atoms with Crippen LogP contribution in [-0.2, 0) is 9.53 Å². The number of carbonyl (C=O) groups is 2. The second-order valence-corrected chi connectivity index (χ2v) is 9.12. The molecule has 0 aliphatic carbocycles. The molecule has 2 fully saturated rings. The van der Waals surface area contributed by atoms with Gasteiger partial charge in [-0.25, -0.2) is 0 Å². The van der Waals surface area contributed by atoms with Crippen LogP contribution >= 0.6 is 0 Å². The number of fused-ring (bicyclic) bond motifs is 1. The fourth-order valence-corrected chi connectivity index (χ4v) is 4.99. The molecule has 2 N–H and O–H groups in total. The minimum Gasteiger partial charge on any atom is -0.449 e. The SMILES string of the molecule is CCOC1NCCCC1C(=O)N1CCC(CCCCNC(=O)c2cc3ccncc3o2)CC1. The number of rotatable bonds is 9. The fourth-order valence-electron chi connectivity index (χ4n) is 4.99. The van der Waals surface area contributed by atoms with Gasteiger partial charge < -0.3 is 19.4 Å². The minimum atomic E-state index is -0.180. The van der Waals surface area contributed by atoms with Crippen molar-refractivity contribution in [2.24, 2.45) is 11.8 Å². The van der Waals surface area contributed by atoms with E-state index in [1.54, 1.807) is 18.5 Å². The minimum absolute atomic E-state index is 0.0538. The molecule has 0 spiro atoms. The summed E-state index contributed by atoms with van der Waals surface area (Å²) in [4.78, 5) is 31.4. The van der Waals surface area contributed by atoms with E-state index in [2.05, 4.69) is 15.6 Å². The lowest BCUT2D eigenvalue weighted by Gasteiger charge is -2.38. The fraction of sp³-hybridized carbons (Fsp3) is 0.640. The largest absolute Gasteiger partial charge is 0.449 e. The zero-order valence-corrected chi connectivity index (χ0v) is 19.6. The Bertz CT molecular complexity index is 887. The molecule has 0 saturated carbocycles. The van der Waals surface area contributed by atoms with Crippen molar-refractivity contribution >= 4 is 22.8 Å². The summed E-state index contributed by atoms with van der Waals surface area (Å²) >= 11 is 0. The number of hydrogen-bond donors (Lipinski definition) is 2. The summed E-state index contributed by atoms with van der Waals surface area (Å²) in [5.41, 5.74) is 0.626. The molecule has 0 bridgehead atoms. The zero-order chi connectivity index (χ0) is 23.0. The third-order valence-electron chi connectivity index (χ3n) is 6.86. The van der Waals surface area contributed by atoms with Crippen molar-refractivity contribution in [3.8, 4) is 0 Å². The highest BCUT2D eigenvalue weighted by molar-refractivity contribution is 5.95. The van der Waals surface area contributed by atoms with Crippen LogP contribution in [0.15, 0.2) is 28.9 Å². The van der Waals surface area contributed by atoms with Crippen LogP contribution in [0.2, 0.25) is 0 Å². The molecule has 2 aliphatic rings. The summed E-state index contributed by atoms with van der Waals surface area (Å²) < 4.78 is 11.3. The van der Waals surface area contributed by atoms with Gasteiger partial charge in [-0.2, -0.15) is 0 Å². The van der Waals surface area contributed by atoms with Crippen LogP contribution in [-0.4, -0.2) is 60.7 Å². The smallest absolute Gasteiger partial charge is 0.287 e.